The van der Waals surface area contributed by atoms with Gasteiger partial charge in [-0.2, -0.15) is 0 Å². The number of aromatic amines is 1. The minimum Gasteiger partial charge on any atom is -0.385 e. The molecule has 0 aliphatic carbocycles. The number of ether oxygens (including phenoxy) is 1. The third-order valence-electron chi connectivity index (χ3n) is 2.80. The maximum absolute atomic E-state index is 11.7. The van der Waals surface area contributed by atoms with Crippen LogP contribution in [0.4, 0.5) is 11.5 Å². The molecular formula is C12H22N4O3. The molecule has 0 saturated carbocycles. The summed E-state index contributed by atoms with van der Waals surface area (Å²) in [6.45, 7) is 3.69. The molecule has 0 atom stereocenters. The molecule has 0 aliphatic rings. The molecule has 0 fully saturated rings. The van der Waals surface area contributed by atoms with E-state index >= 15 is 0 Å². The standard InChI is InChI=1S/C12H22N4O3/c1-3-4-7-16-10(13)9(11(17)15-12(16)18)14-6-5-8-19-2/h14H,3-8,13H2,1-2H3,(H,15,17,18). The summed E-state index contributed by atoms with van der Waals surface area (Å²) >= 11 is 0. The topological polar surface area (TPSA) is 102 Å². The molecule has 1 rings (SSSR count). The van der Waals surface area contributed by atoms with Crippen LogP contribution in [0.25, 0.3) is 0 Å². The molecule has 0 saturated heterocycles. The fraction of sp³-hybridized carbons (Fsp3) is 0.667. The Hall–Kier alpha value is -1.76. The van der Waals surface area contributed by atoms with E-state index in [1.54, 1.807) is 7.11 Å². The zero-order valence-electron chi connectivity index (χ0n) is 11.5. The van der Waals surface area contributed by atoms with Crippen LogP contribution in [-0.4, -0.2) is 29.8 Å². The number of hydrogen-bond acceptors (Lipinski definition) is 5. The van der Waals surface area contributed by atoms with Gasteiger partial charge in [0.1, 0.15) is 11.5 Å². The minimum atomic E-state index is -0.479. The molecule has 0 bridgehead atoms. The smallest absolute Gasteiger partial charge is 0.330 e. The lowest BCUT2D eigenvalue weighted by molar-refractivity contribution is 0.198. The summed E-state index contributed by atoms with van der Waals surface area (Å²) in [6, 6.07) is 0. The molecule has 0 unspecified atom stereocenters. The Balaban J connectivity index is 2.90. The van der Waals surface area contributed by atoms with Crippen LogP contribution in [-0.2, 0) is 11.3 Å². The summed E-state index contributed by atoms with van der Waals surface area (Å²) in [4.78, 5) is 25.7. The van der Waals surface area contributed by atoms with Crippen LogP contribution in [0.5, 0.6) is 0 Å². The fourth-order valence-electron chi connectivity index (χ4n) is 1.73. The lowest BCUT2D eigenvalue weighted by Gasteiger charge is -2.13. The van der Waals surface area contributed by atoms with Gasteiger partial charge in [-0.05, 0) is 12.8 Å². The molecule has 0 spiro atoms. The van der Waals surface area contributed by atoms with Crippen molar-refractivity contribution in [3.8, 4) is 0 Å². The average molecular weight is 270 g/mol. The molecule has 0 radical (unpaired) electrons. The van der Waals surface area contributed by atoms with Crippen molar-refractivity contribution in [3.63, 3.8) is 0 Å². The van der Waals surface area contributed by atoms with Gasteiger partial charge in [0.25, 0.3) is 5.56 Å². The van der Waals surface area contributed by atoms with E-state index in [1.165, 1.54) is 4.57 Å². The van der Waals surface area contributed by atoms with Crippen molar-refractivity contribution in [3.05, 3.63) is 20.8 Å². The van der Waals surface area contributed by atoms with Crippen LogP contribution in [0.1, 0.15) is 26.2 Å². The first-order valence-electron chi connectivity index (χ1n) is 6.47. The highest BCUT2D eigenvalue weighted by Gasteiger charge is 2.11. The van der Waals surface area contributed by atoms with Gasteiger partial charge in [0.15, 0.2) is 0 Å². The number of rotatable bonds is 8. The van der Waals surface area contributed by atoms with Crippen molar-refractivity contribution >= 4 is 11.5 Å². The van der Waals surface area contributed by atoms with E-state index < -0.39 is 11.2 Å². The van der Waals surface area contributed by atoms with E-state index in [0.717, 1.165) is 19.3 Å². The summed E-state index contributed by atoms with van der Waals surface area (Å²) in [5, 5.41) is 2.95. The highest BCUT2D eigenvalue weighted by Crippen LogP contribution is 2.10. The molecule has 1 aromatic rings. The van der Waals surface area contributed by atoms with Gasteiger partial charge in [0.05, 0.1) is 0 Å². The van der Waals surface area contributed by atoms with Crippen LogP contribution < -0.4 is 22.3 Å². The molecule has 19 heavy (non-hydrogen) atoms. The number of nitrogen functional groups attached to an aromatic ring is 1. The van der Waals surface area contributed by atoms with Gasteiger partial charge in [0.2, 0.25) is 0 Å². The Morgan fingerprint density at radius 2 is 2.11 bits per heavy atom. The molecule has 7 heteroatoms. The van der Waals surface area contributed by atoms with Crippen LogP contribution in [0.2, 0.25) is 0 Å². The van der Waals surface area contributed by atoms with E-state index in [2.05, 4.69) is 10.3 Å². The largest absolute Gasteiger partial charge is 0.385 e. The van der Waals surface area contributed by atoms with Crippen molar-refractivity contribution in [2.45, 2.75) is 32.7 Å². The number of aromatic nitrogens is 2. The van der Waals surface area contributed by atoms with Crippen molar-refractivity contribution in [2.75, 3.05) is 31.3 Å². The Bertz CT molecular complexity index is 507. The van der Waals surface area contributed by atoms with Crippen LogP contribution in [0.3, 0.4) is 0 Å². The number of hydrogen-bond donors (Lipinski definition) is 3. The molecule has 7 nitrogen and oxygen atoms in total. The summed E-state index contributed by atoms with van der Waals surface area (Å²) in [7, 11) is 1.62. The summed E-state index contributed by atoms with van der Waals surface area (Å²) in [5.41, 5.74) is 5.21. The van der Waals surface area contributed by atoms with Crippen LogP contribution in [0.15, 0.2) is 9.59 Å². The lowest BCUT2D eigenvalue weighted by atomic mass is 10.3. The van der Waals surface area contributed by atoms with Gasteiger partial charge in [-0.3, -0.25) is 14.3 Å². The summed E-state index contributed by atoms with van der Waals surface area (Å²) in [6.07, 6.45) is 2.53. The molecule has 0 aromatic carbocycles. The maximum Gasteiger partial charge on any atom is 0.330 e. The quantitative estimate of drug-likeness (QED) is 0.592. The molecular weight excluding hydrogens is 248 g/mol. The number of methoxy groups -OCH3 is 1. The molecule has 1 heterocycles. The number of nitrogens with two attached hydrogens (primary N) is 1. The second kappa shape index (κ2) is 7.63. The van der Waals surface area contributed by atoms with Gasteiger partial charge < -0.3 is 15.8 Å². The number of H-pyrrole nitrogens is 1. The monoisotopic (exact) mass is 270 g/mol. The first-order valence-corrected chi connectivity index (χ1v) is 6.47. The van der Waals surface area contributed by atoms with E-state index in [0.29, 0.717) is 19.7 Å². The molecule has 0 amide bonds. The third kappa shape index (κ3) is 4.13. The highest BCUT2D eigenvalue weighted by molar-refractivity contribution is 5.60. The average Bonchev–Trinajstić information content (AvgIpc) is 2.37. The normalized spacial score (nSPS) is 10.6. The fourth-order valence-corrected chi connectivity index (χ4v) is 1.73. The molecule has 1 aromatic heterocycles. The van der Waals surface area contributed by atoms with Crippen LogP contribution >= 0.6 is 0 Å². The van der Waals surface area contributed by atoms with Crippen molar-refractivity contribution in [1.82, 2.24) is 9.55 Å². The van der Waals surface area contributed by atoms with Gasteiger partial charge in [0, 0.05) is 26.8 Å². The lowest BCUT2D eigenvalue weighted by Crippen LogP contribution is -2.34. The first-order chi connectivity index (χ1) is 9.11. The van der Waals surface area contributed by atoms with E-state index in [4.69, 9.17) is 10.5 Å². The van der Waals surface area contributed by atoms with Crippen molar-refractivity contribution in [2.24, 2.45) is 0 Å². The van der Waals surface area contributed by atoms with Crippen LogP contribution in [0, 0.1) is 0 Å². The van der Waals surface area contributed by atoms with E-state index in [-0.39, 0.29) is 11.5 Å². The predicted octanol–water partition coefficient (Wildman–Crippen LogP) is 0.367. The Morgan fingerprint density at radius 1 is 1.37 bits per heavy atom. The van der Waals surface area contributed by atoms with E-state index in [1.807, 2.05) is 6.92 Å². The summed E-state index contributed by atoms with van der Waals surface area (Å²) < 4.78 is 6.32. The molecule has 4 N–H and O–H groups in total. The Labute approximate surface area is 111 Å². The third-order valence-corrected chi connectivity index (χ3v) is 2.80. The second-order valence-corrected chi connectivity index (χ2v) is 4.30. The number of nitrogens with zero attached hydrogens (tertiary/aromatic N) is 1. The molecule has 0 aliphatic heterocycles. The van der Waals surface area contributed by atoms with E-state index in [9.17, 15) is 9.59 Å². The number of unbranched alkanes of at least 4 members (excludes halogenated alkanes) is 1. The SMILES string of the molecule is CCCCn1c(N)c(NCCCOC)c(=O)[nH]c1=O. The van der Waals surface area contributed by atoms with Gasteiger partial charge in [-0.15, -0.1) is 0 Å². The highest BCUT2D eigenvalue weighted by atomic mass is 16.5. The Kier molecular flexibility index (Phi) is 6.14. The summed E-state index contributed by atoms with van der Waals surface area (Å²) in [5.74, 6) is 0.194. The zero-order chi connectivity index (χ0) is 14.3. The second-order valence-electron chi connectivity index (χ2n) is 4.30. The predicted molar refractivity (Wildman–Crippen MR) is 75.6 cm³/mol. The first kappa shape index (κ1) is 15.3. The Morgan fingerprint density at radius 3 is 2.74 bits per heavy atom. The maximum atomic E-state index is 11.7. The number of anilines is 2. The van der Waals surface area contributed by atoms with Gasteiger partial charge >= 0.3 is 5.69 Å². The minimum absolute atomic E-state index is 0.194. The van der Waals surface area contributed by atoms with Crippen molar-refractivity contribution < 1.29 is 4.74 Å². The van der Waals surface area contributed by atoms with Gasteiger partial charge in [-0.1, -0.05) is 13.3 Å². The molecule has 108 valence electrons. The number of nitrogens with one attached hydrogen (secondary N) is 2. The van der Waals surface area contributed by atoms with Gasteiger partial charge in [-0.25, -0.2) is 4.79 Å². The van der Waals surface area contributed by atoms with Crippen molar-refractivity contribution in [1.29, 1.82) is 0 Å². The zero-order valence-corrected chi connectivity index (χ0v) is 11.5.